The molecule has 31 heavy (non-hydrogen) atoms. The number of nitrogens with one attached hydrogen (secondary N) is 1. The predicted octanol–water partition coefficient (Wildman–Crippen LogP) is 3.36. The summed E-state index contributed by atoms with van der Waals surface area (Å²) >= 11 is 1.61. The molecule has 0 bridgehead atoms. The van der Waals surface area contributed by atoms with Crippen molar-refractivity contribution in [3.63, 3.8) is 0 Å². The van der Waals surface area contributed by atoms with Gasteiger partial charge in [-0.25, -0.2) is 4.68 Å². The summed E-state index contributed by atoms with van der Waals surface area (Å²) in [6, 6.07) is 4.77. The molecule has 3 aromatic rings. The number of carbonyl (C=O) groups is 1. The highest BCUT2D eigenvalue weighted by Crippen LogP contribution is 2.27. The lowest BCUT2D eigenvalue weighted by Crippen LogP contribution is -2.51. The van der Waals surface area contributed by atoms with Crippen LogP contribution < -0.4 is 10.9 Å². The molecule has 7 nitrogen and oxygen atoms in total. The van der Waals surface area contributed by atoms with Crippen molar-refractivity contribution in [3.05, 3.63) is 33.7 Å². The first-order chi connectivity index (χ1) is 15.0. The number of hydrogen-bond donors (Lipinski definition) is 1. The largest absolute Gasteiger partial charge is 0.350 e. The van der Waals surface area contributed by atoms with E-state index in [0.717, 1.165) is 42.0 Å². The summed E-state index contributed by atoms with van der Waals surface area (Å²) in [5, 5.41) is 10.9. The number of nitrogens with zero attached hydrogens (tertiary/aromatic N) is 4. The van der Waals surface area contributed by atoms with Gasteiger partial charge >= 0.3 is 0 Å². The van der Waals surface area contributed by atoms with Gasteiger partial charge in [0.05, 0.1) is 0 Å². The molecule has 0 spiro atoms. The Kier molecular flexibility index (Phi) is 5.60. The van der Waals surface area contributed by atoms with Gasteiger partial charge in [0.2, 0.25) is 5.91 Å². The minimum Gasteiger partial charge on any atom is -0.350 e. The monoisotopic (exact) mass is 441 g/mol. The molecule has 5 rings (SSSR count). The number of carbonyl (C=O) groups excluding carboxylic acids is 1. The van der Waals surface area contributed by atoms with Crippen LogP contribution in [0.3, 0.4) is 0 Å². The van der Waals surface area contributed by atoms with Crippen molar-refractivity contribution in [1.82, 2.24) is 24.4 Å². The highest BCUT2D eigenvalue weighted by atomic mass is 32.1. The van der Waals surface area contributed by atoms with E-state index >= 15 is 0 Å². The molecule has 1 saturated heterocycles. The number of likely N-dealkylation sites (tertiary alicyclic amines) is 1. The summed E-state index contributed by atoms with van der Waals surface area (Å²) in [4.78, 5) is 29.6. The first-order valence-corrected chi connectivity index (χ1v) is 12.4. The molecule has 2 aliphatic rings. The fourth-order valence-electron chi connectivity index (χ4n) is 5.27. The van der Waals surface area contributed by atoms with Gasteiger partial charge in [-0.05, 0) is 49.7 Å². The maximum atomic E-state index is 13.1. The molecule has 1 amide bonds. The van der Waals surface area contributed by atoms with E-state index in [2.05, 4.69) is 29.2 Å². The van der Waals surface area contributed by atoms with Crippen LogP contribution in [0.5, 0.6) is 0 Å². The van der Waals surface area contributed by atoms with Crippen molar-refractivity contribution in [2.24, 2.45) is 0 Å². The normalized spacial score (nSPS) is 20.9. The molecule has 8 heteroatoms. The van der Waals surface area contributed by atoms with Gasteiger partial charge in [-0.15, -0.1) is 11.3 Å². The van der Waals surface area contributed by atoms with Gasteiger partial charge in [0.1, 0.15) is 22.7 Å². The van der Waals surface area contributed by atoms with Crippen LogP contribution in [-0.2, 0) is 11.3 Å². The molecule has 0 aromatic carbocycles. The number of aromatic nitrogens is 3. The van der Waals surface area contributed by atoms with Gasteiger partial charge in [0.25, 0.3) is 5.56 Å². The first-order valence-electron chi connectivity index (χ1n) is 11.5. The van der Waals surface area contributed by atoms with Crippen molar-refractivity contribution >= 4 is 33.0 Å². The van der Waals surface area contributed by atoms with Crippen LogP contribution >= 0.6 is 11.3 Å². The summed E-state index contributed by atoms with van der Waals surface area (Å²) < 4.78 is 3.31. The third-order valence-electron chi connectivity index (χ3n) is 6.79. The van der Waals surface area contributed by atoms with E-state index in [-0.39, 0.29) is 30.0 Å². The maximum absolute atomic E-state index is 13.1. The Hall–Kier alpha value is -2.19. The first kappa shape index (κ1) is 20.7. The van der Waals surface area contributed by atoms with Crippen LogP contribution in [0.25, 0.3) is 15.7 Å². The lowest BCUT2D eigenvalue weighted by atomic mass is 10.0. The van der Waals surface area contributed by atoms with E-state index in [1.54, 1.807) is 11.3 Å². The number of hydrogen-bond acceptors (Lipinski definition) is 5. The Balaban J connectivity index is 1.35. The molecular weight excluding hydrogens is 410 g/mol. The van der Waals surface area contributed by atoms with Gasteiger partial charge in [-0.1, -0.05) is 26.7 Å². The highest BCUT2D eigenvalue weighted by molar-refractivity contribution is 7.16. The molecule has 0 radical (unpaired) electrons. The smallest absolute Gasteiger partial charge is 0.291 e. The van der Waals surface area contributed by atoms with Gasteiger partial charge < -0.3 is 5.32 Å². The van der Waals surface area contributed by atoms with E-state index < -0.39 is 0 Å². The van der Waals surface area contributed by atoms with Gasteiger partial charge in [-0.3, -0.25) is 18.9 Å². The van der Waals surface area contributed by atoms with Crippen molar-refractivity contribution in [1.29, 1.82) is 0 Å². The molecule has 1 N–H and O–H groups in total. The molecule has 1 aliphatic carbocycles. The molecule has 1 aliphatic heterocycles. The summed E-state index contributed by atoms with van der Waals surface area (Å²) in [5.41, 5.74) is 0.387. The summed E-state index contributed by atoms with van der Waals surface area (Å²) in [6.45, 7) is 6.15. The number of amides is 1. The Bertz CT molecular complexity index is 1150. The standard InChI is InChI=1S/C23H31N5O2S/c1-15(2)21-25-27(22(30)19-12-16-9-11-31-23(16)28(19)21)14-20(29)24-17-6-5-10-26(13-17)18-7-3-4-8-18/h9,11-12,15,17-18H,3-8,10,13-14H2,1-2H3,(H,24,29)/t17-/m1/s1. The minimum atomic E-state index is -0.209. The van der Waals surface area contributed by atoms with E-state index in [4.69, 9.17) is 0 Å². The van der Waals surface area contributed by atoms with Crippen LogP contribution in [0.2, 0.25) is 0 Å². The van der Waals surface area contributed by atoms with Crippen molar-refractivity contribution in [2.75, 3.05) is 13.1 Å². The van der Waals surface area contributed by atoms with E-state index in [9.17, 15) is 9.59 Å². The van der Waals surface area contributed by atoms with Gasteiger partial charge in [0.15, 0.2) is 0 Å². The van der Waals surface area contributed by atoms with Crippen molar-refractivity contribution in [2.45, 2.75) is 76.9 Å². The molecular formula is C23H31N5O2S. The third kappa shape index (κ3) is 3.91. The maximum Gasteiger partial charge on any atom is 0.291 e. The average Bonchev–Trinajstić information content (AvgIpc) is 3.48. The van der Waals surface area contributed by atoms with Gasteiger partial charge in [0, 0.05) is 29.9 Å². The van der Waals surface area contributed by atoms with Crippen molar-refractivity contribution in [3.8, 4) is 0 Å². The Morgan fingerprint density at radius 1 is 1.26 bits per heavy atom. The van der Waals surface area contributed by atoms with Crippen LogP contribution in [-0.4, -0.2) is 50.2 Å². The number of thiophene rings is 1. The second-order valence-corrected chi connectivity index (χ2v) is 10.3. The molecule has 4 heterocycles. The zero-order valence-electron chi connectivity index (χ0n) is 18.3. The minimum absolute atomic E-state index is 0.0339. The summed E-state index contributed by atoms with van der Waals surface area (Å²) in [6.07, 6.45) is 7.34. The second-order valence-electron chi connectivity index (χ2n) is 9.36. The fraction of sp³-hybridized carbons (Fsp3) is 0.609. The van der Waals surface area contributed by atoms with Gasteiger partial charge in [-0.2, -0.15) is 5.10 Å². The zero-order valence-corrected chi connectivity index (χ0v) is 19.2. The fourth-order valence-corrected chi connectivity index (χ4v) is 6.17. The average molecular weight is 442 g/mol. The van der Waals surface area contributed by atoms with E-state index in [1.807, 2.05) is 21.9 Å². The number of piperidine rings is 1. The predicted molar refractivity (Wildman–Crippen MR) is 124 cm³/mol. The Morgan fingerprint density at radius 2 is 2.06 bits per heavy atom. The SMILES string of the molecule is CC(C)c1nn(CC(=O)N[C@@H]2CCCN(C3CCCC3)C2)c(=O)c2cc3ccsc3n12. The lowest BCUT2D eigenvalue weighted by molar-refractivity contribution is -0.123. The van der Waals surface area contributed by atoms with Crippen molar-refractivity contribution < 1.29 is 4.79 Å². The van der Waals surface area contributed by atoms with Crippen LogP contribution in [0, 0.1) is 0 Å². The quantitative estimate of drug-likeness (QED) is 0.659. The number of fused-ring (bicyclic) bond motifs is 3. The number of rotatable bonds is 5. The molecule has 3 aromatic heterocycles. The Morgan fingerprint density at radius 3 is 2.84 bits per heavy atom. The van der Waals surface area contributed by atoms with E-state index in [0.29, 0.717) is 11.6 Å². The lowest BCUT2D eigenvalue weighted by Gasteiger charge is -2.37. The third-order valence-corrected chi connectivity index (χ3v) is 7.70. The molecule has 1 atom stereocenters. The highest BCUT2D eigenvalue weighted by Gasteiger charge is 2.28. The topological polar surface area (TPSA) is 71.6 Å². The summed E-state index contributed by atoms with van der Waals surface area (Å²) in [7, 11) is 0. The Labute approximate surface area is 186 Å². The molecule has 166 valence electrons. The van der Waals surface area contributed by atoms with Crippen LogP contribution in [0.1, 0.15) is 64.1 Å². The summed E-state index contributed by atoms with van der Waals surface area (Å²) in [5.74, 6) is 0.818. The van der Waals surface area contributed by atoms with E-state index in [1.165, 1.54) is 30.4 Å². The van der Waals surface area contributed by atoms with Crippen LogP contribution in [0.4, 0.5) is 0 Å². The molecule has 0 unspecified atom stereocenters. The zero-order chi connectivity index (χ0) is 21.5. The molecule has 1 saturated carbocycles. The van der Waals surface area contributed by atoms with Crippen LogP contribution in [0.15, 0.2) is 22.3 Å². The second kappa shape index (κ2) is 8.39. The molecule has 2 fully saturated rings.